The minimum Gasteiger partial charge on any atom is -0.355 e. The predicted molar refractivity (Wildman–Crippen MR) is 128 cm³/mol. The second kappa shape index (κ2) is 11.6. The molecule has 2 aromatic carbocycles. The number of aryl methyl sites for hydroxylation is 2. The fraction of sp³-hybridized carbons (Fsp3) is 0.409. The van der Waals surface area contributed by atoms with Crippen LogP contribution < -0.4 is 9.62 Å². The monoisotopic (exact) mass is 468 g/mol. The summed E-state index contributed by atoms with van der Waals surface area (Å²) in [5.41, 5.74) is 3.90. The van der Waals surface area contributed by atoms with E-state index in [1.807, 2.05) is 6.92 Å². The van der Waals surface area contributed by atoms with Gasteiger partial charge in [-0.3, -0.25) is 9.10 Å². The molecule has 0 aliphatic heterocycles. The van der Waals surface area contributed by atoms with Gasteiger partial charge in [0, 0.05) is 36.0 Å². The molecule has 0 radical (unpaired) electrons. The number of rotatable bonds is 11. The topological polar surface area (TPSA) is 66.5 Å². The average molecular weight is 469 g/mol. The Bertz CT molecular complexity index is 965. The first-order valence-corrected chi connectivity index (χ1v) is 13.2. The number of sulfonamides is 1. The Balaban J connectivity index is 1.74. The molecule has 2 aromatic rings. The van der Waals surface area contributed by atoms with Crippen LogP contribution in [0.25, 0.3) is 0 Å². The summed E-state index contributed by atoms with van der Waals surface area (Å²) in [5.74, 6) is 1.68. The average Bonchev–Trinajstić information content (AvgIpc) is 2.66. The number of benzene rings is 2. The highest BCUT2D eigenvalue weighted by Gasteiger charge is 2.19. The van der Waals surface area contributed by atoms with Gasteiger partial charge in [-0.05, 0) is 43.5 Å². The number of amides is 1. The van der Waals surface area contributed by atoms with Crippen LogP contribution in [0.1, 0.15) is 29.5 Å². The van der Waals surface area contributed by atoms with Crippen molar-refractivity contribution in [1.82, 2.24) is 5.32 Å². The van der Waals surface area contributed by atoms with E-state index in [9.17, 15) is 13.2 Å². The minimum atomic E-state index is -3.47. The molecule has 0 bridgehead atoms. The van der Waals surface area contributed by atoms with Gasteiger partial charge in [-0.1, -0.05) is 47.5 Å². The summed E-state index contributed by atoms with van der Waals surface area (Å²) in [5, 5.41) is 3.38. The largest absolute Gasteiger partial charge is 0.355 e. The number of carbonyl (C=O) groups excluding carboxylic acids is 1. The van der Waals surface area contributed by atoms with Crippen LogP contribution in [0, 0.1) is 13.8 Å². The molecular weight excluding hydrogens is 440 g/mol. The fourth-order valence-corrected chi connectivity index (χ4v) is 5.03. The van der Waals surface area contributed by atoms with E-state index < -0.39 is 10.0 Å². The van der Waals surface area contributed by atoms with Gasteiger partial charge < -0.3 is 5.32 Å². The molecule has 0 aliphatic carbocycles. The van der Waals surface area contributed by atoms with Crippen molar-refractivity contribution in [3.63, 3.8) is 0 Å². The minimum absolute atomic E-state index is 0.0672. The zero-order valence-corrected chi connectivity index (χ0v) is 20.0. The van der Waals surface area contributed by atoms with Crippen LogP contribution in [-0.4, -0.2) is 39.4 Å². The standard InChI is InChI=1S/C22H29ClN2O3S2/c1-17-6-4-7-19(14-17)16-29-13-11-24-22(26)8-5-12-25(30(3,27)28)21-15-20(23)10-9-18(21)2/h4,6-7,9-10,14-15H,5,8,11-13,16H2,1-3H3,(H,24,26). The molecule has 0 heterocycles. The molecule has 0 fully saturated rings. The Hall–Kier alpha value is -1.70. The summed E-state index contributed by atoms with van der Waals surface area (Å²) in [6.45, 7) is 4.74. The molecule has 0 spiro atoms. The molecule has 0 saturated carbocycles. The number of thioether (sulfide) groups is 1. The number of nitrogens with one attached hydrogen (secondary N) is 1. The lowest BCUT2D eigenvalue weighted by molar-refractivity contribution is -0.121. The normalized spacial score (nSPS) is 11.3. The highest BCUT2D eigenvalue weighted by Crippen LogP contribution is 2.26. The first-order valence-electron chi connectivity index (χ1n) is 9.80. The first kappa shape index (κ1) is 24.6. The van der Waals surface area contributed by atoms with Gasteiger partial charge in [0.15, 0.2) is 0 Å². The summed E-state index contributed by atoms with van der Waals surface area (Å²) in [7, 11) is -3.47. The Morgan fingerprint density at radius 3 is 2.63 bits per heavy atom. The van der Waals surface area contributed by atoms with Crippen molar-refractivity contribution >= 4 is 45.0 Å². The zero-order chi connectivity index (χ0) is 22.1. The lowest BCUT2D eigenvalue weighted by atomic mass is 10.2. The van der Waals surface area contributed by atoms with Gasteiger partial charge >= 0.3 is 0 Å². The van der Waals surface area contributed by atoms with Crippen LogP contribution in [0.3, 0.4) is 0 Å². The number of carbonyl (C=O) groups is 1. The summed E-state index contributed by atoms with van der Waals surface area (Å²) >= 11 is 7.81. The van der Waals surface area contributed by atoms with Crippen LogP contribution in [0.4, 0.5) is 5.69 Å². The molecule has 1 N–H and O–H groups in total. The van der Waals surface area contributed by atoms with E-state index in [-0.39, 0.29) is 18.9 Å². The third kappa shape index (κ3) is 8.20. The summed E-state index contributed by atoms with van der Waals surface area (Å²) < 4.78 is 25.8. The van der Waals surface area contributed by atoms with E-state index in [0.29, 0.717) is 23.7 Å². The highest BCUT2D eigenvalue weighted by atomic mass is 35.5. The fourth-order valence-electron chi connectivity index (χ4n) is 3.04. The van der Waals surface area contributed by atoms with Crippen molar-refractivity contribution in [3.05, 3.63) is 64.2 Å². The number of halogens is 1. The van der Waals surface area contributed by atoms with Crippen LogP contribution in [-0.2, 0) is 20.6 Å². The third-order valence-corrected chi connectivity index (χ3v) is 6.97. The molecule has 5 nitrogen and oxygen atoms in total. The van der Waals surface area contributed by atoms with E-state index in [2.05, 4.69) is 36.5 Å². The van der Waals surface area contributed by atoms with Gasteiger partial charge in [-0.2, -0.15) is 11.8 Å². The molecule has 1 amide bonds. The summed E-state index contributed by atoms with van der Waals surface area (Å²) in [4.78, 5) is 12.1. The van der Waals surface area contributed by atoms with E-state index in [1.165, 1.54) is 21.7 Å². The van der Waals surface area contributed by atoms with E-state index in [0.717, 1.165) is 17.1 Å². The van der Waals surface area contributed by atoms with Gasteiger partial charge in [0.05, 0.1) is 11.9 Å². The Morgan fingerprint density at radius 2 is 1.93 bits per heavy atom. The number of hydrogen-bond acceptors (Lipinski definition) is 4. The SMILES string of the molecule is Cc1cccc(CSCCNC(=O)CCCN(c2cc(Cl)ccc2C)S(C)(=O)=O)c1. The van der Waals surface area contributed by atoms with Gasteiger partial charge in [0.1, 0.15) is 0 Å². The quantitative estimate of drug-likeness (QED) is 0.491. The van der Waals surface area contributed by atoms with Gasteiger partial charge in [0.25, 0.3) is 0 Å². The lowest BCUT2D eigenvalue weighted by Gasteiger charge is -2.24. The van der Waals surface area contributed by atoms with Crippen molar-refractivity contribution in [3.8, 4) is 0 Å². The van der Waals surface area contributed by atoms with Crippen LogP contribution in [0.15, 0.2) is 42.5 Å². The van der Waals surface area contributed by atoms with E-state index >= 15 is 0 Å². The molecular formula is C22H29ClN2O3S2. The smallest absolute Gasteiger partial charge is 0.232 e. The molecule has 0 unspecified atom stereocenters. The third-order valence-electron chi connectivity index (χ3n) is 4.53. The number of anilines is 1. The summed E-state index contributed by atoms with van der Waals surface area (Å²) in [6.07, 6.45) is 1.87. The van der Waals surface area contributed by atoms with Crippen molar-refractivity contribution in [1.29, 1.82) is 0 Å². The van der Waals surface area contributed by atoms with Crippen LogP contribution >= 0.6 is 23.4 Å². The van der Waals surface area contributed by atoms with Gasteiger partial charge in [-0.25, -0.2) is 8.42 Å². The van der Waals surface area contributed by atoms with Crippen molar-refractivity contribution in [2.45, 2.75) is 32.4 Å². The van der Waals surface area contributed by atoms with Crippen molar-refractivity contribution in [2.75, 3.05) is 29.4 Å². The molecule has 2 rings (SSSR count). The van der Waals surface area contributed by atoms with Gasteiger partial charge in [-0.15, -0.1) is 0 Å². The zero-order valence-electron chi connectivity index (χ0n) is 17.7. The second-order valence-electron chi connectivity index (χ2n) is 7.26. The number of nitrogens with zero attached hydrogens (tertiary/aromatic N) is 1. The molecule has 8 heteroatoms. The Kier molecular flexibility index (Phi) is 9.52. The predicted octanol–water partition coefficient (Wildman–Crippen LogP) is 4.55. The first-order chi connectivity index (χ1) is 14.2. The number of hydrogen-bond donors (Lipinski definition) is 1. The summed E-state index contributed by atoms with van der Waals surface area (Å²) in [6, 6.07) is 13.6. The highest BCUT2D eigenvalue weighted by molar-refractivity contribution is 7.98. The molecule has 0 aromatic heterocycles. The van der Waals surface area contributed by atoms with Crippen LogP contribution in [0.5, 0.6) is 0 Å². The van der Waals surface area contributed by atoms with E-state index in [1.54, 1.807) is 30.0 Å². The maximum atomic E-state index is 12.2. The Morgan fingerprint density at radius 1 is 1.17 bits per heavy atom. The molecule has 30 heavy (non-hydrogen) atoms. The molecule has 164 valence electrons. The molecule has 0 saturated heterocycles. The van der Waals surface area contributed by atoms with Crippen molar-refractivity contribution in [2.24, 2.45) is 0 Å². The van der Waals surface area contributed by atoms with Gasteiger partial charge in [0.2, 0.25) is 15.9 Å². The van der Waals surface area contributed by atoms with Crippen LogP contribution in [0.2, 0.25) is 5.02 Å². The molecule has 0 atom stereocenters. The lowest BCUT2D eigenvalue weighted by Crippen LogP contribution is -2.33. The molecule has 0 aliphatic rings. The second-order valence-corrected chi connectivity index (χ2v) is 10.7. The van der Waals surface area contributed by atoms with Crippen molar-refractivity contribution < 1.29 is 13.2 Å². The maximum absolute atomic E-state index is 12.2. The maximum Gasteiger partial charge on any atom is 0.232 e. The van der Waals surface area contributed by atoms with E-state index in [4.69, 9.17) is 11.6 Å². The Labute approximate surface area is 189 Å².